The molecular weight excluding hydrogens is 102 g/mol. The van der Waals surface area contributed by atoms with Crippen molar-refractivity contribution in [2.24, 2.45) is 0 Å². The van der Waals surface area contributed by atoms with E-state index in [0.717, 1.165) is 0 Å². The van der Waals surface area contributed by atoms with Crippen molar-refractivity contribution in [3.63, 3.8) is 0 Å². The highest BCUT2D eigenvalue weighted by Crippen LogP contribution is 1.91. The lowest BCUT2D eigenvalue weighted by molar-refractivity contribution is 0.250. The summed E-state index contributed by atoms with van der Waals surface area (Å²) in [7, 11) is 0. The molecule has 0 amide bonds. The van der Waals surface area contributed by atoms with Crippen LogP contribution in [0, 0.1) is 26.9 Å². The fourth-order valence-electron chi connectivity index (χ4n) is 0.373. The van der Waals surface area contributed by atoms with Gasteiger partial charge in [-0.15, -0.1) is 0 Å². The lowest BCUT2D eigenvalue weighted by Gasteiger charge is -2.13. The first-order valence-corrected chi connectivity index (χ1v) is 2.47. The molecule has 0 aromatic carbocycles. The summed E-state index contributed by atoms with van der Waals surface area (Å²) in [5, 5.41) is 8.36. The number of aliphatic hydroxyl groups is 1. The number of rotatable bonds is 4. The third-order valence-corrected chi connectivity index (χ3v) is 0.827. The number of hydrogen-bond acceptors (Lipinski definition) is 2. The standard InChI is InChI=1S/C6H11NO/c1-3-7(4-2)5-6-8/h3-4,8H,1-2,5-6H2. The molecular formula is C6H11NO. The SMILES string of the molecule is [CH2][CH]N([CH][CH2])CCO. The summed E-state index contributed by atoms with van der Waals surface area (Å²) in [5.41, 5.74) is 0. The van der Waals surface area contributed by atoms with Gasteiger partial charge >= 0.3 is 0 Å². The number of aliphatic hydroxyl groups excluding tert-OH is 1. The van der Waals surface area contributed by atoms with Crippen LogP contribution in [0.4, 0.5) is 0 Å². The minimum Gasteiger partial charge on any atom is -0.395 e. The molecule has 46 valence electrons. The van der Waals surface area contributed by atoms with Gasteiger partial charge in [0.05, 0.1) is 6.61 Å². The van der Waals surface area contributed by atoms with Gasteiger partial charge in [0.25, 0.3) is 0 Å². The summed E-state index contributed by atoms with van der Waals surface area (Å²) in [6.45, 7) is 10.9. The summed E-state index contributed by atoms with van der Waals surface area (Å²) in [6.07, 6.45) is 0. The Hall–Kier alpha value is -0.0800. The molecule has 0 saturated carbocycles. The molecule has 0 spiro atoms. The van der Waals surface area contributed by atoms with Crippen molar-refractivity contribution >= 4 is 0 Å². The highest BCUT2D eigenvalue weighted by atomic mass is 16.3. The van der Waals surface area contributed by atoms with Crippen LogP contribution in [0.1, 0.15) is 0 Å². The van der Waals surface area contributed by atoms with Gasteiger partial charge in [-0.05, 0) is 13.8 Å². The van der Waals surface area contributed by atoms with E-state index in [0.29, 0.717) is 6.54 Å². The largest absolute Gasteiger partial charge is 0.395 e. The Morgan fingerprint density at radius 3 is 2.00 bits per heavy atom. The van der Waals surface area contributed by atoms with Crippen LogP contribution in [-0.4, -0.2) is 23.2 Å². The molecule has 8 heavy (non-hydrogen) atoms. The molecule has 0 aromatic heterocycles. The maximum Gasteiger partial charge on any atom is 0.0558 e. The normalized spacial score (nSPS) is 10.5. The number of hydrogen-bond donors (Lipinski definition) is 1. The van der Waals surface area contributed by atoms with E-state index < -0.39 is 0 Å². The average molecular weight is 113 g/mol. The van der Waals surface area contributed by atoms with Crippen LogP contribution in [0.5, 0.6) is 0 Å². The zero-order valence-electron chi connectivity index (χ0n) is 4.88. The summed E-state index contributed by atoms with van der Waals surface area (Å²) in [6, 6.07) is 0. The molecule has 1 N–H and O–H groups in total. The van der Waals surface area contributed by atoms with Crippen molar-refractivity contribution < 1.29 is 5.11 Å². The second-order valence-electron chi connectivity index (χ2n) is 1.33. The Morgan fingerprint density at radius 1 is 1.38 bits per heavy atom. The van der Waals surface area contributed by atoms with Crippen molar-refractivity contribution in [3.05, 3.63) is 26.9 Å². The van der Waals surface area contributed by atoms with Crippen LogP contribution < -0.4 is 0 Å². The highest BCUT2D eigenvalue weighted by Gasteiger charge is 1.94. The predicted octanol–water partition coefficient (Wildman–Crippen LogP) is 0.272. The van der Waals surface area contributed by atoms with E-state index >= 15 is 0 Å². The Morgan fingerprint density at radius 2 is 1.88 bits per heavy atom. The van der Waals surface area contributed by atoms with Crippen LogP contribution in [0.3, 0.4) is 0 Å². The summed E-state index contributed by atoms with van der Waals surface area (Å²) < 4.78 is 0. The molecule has 0 bridgehead atoms. The second-order valence-corrected chi connectivity index (χ2v) is 1.33. The van der Waals surface area contributed by atoms with Crippen molar-refractivity contribution in [1.82, 2.24) is 4.90 Å². The lowest BCUT2D eigenvalue weighted by Crippen LogP contribution is -2.18. The van der Waals surface area contributed by atoms with Crippen molar-refractivity contribution in [3.8, 4) is 0 Å². The van der Waals surface area contributed by atoms with Gasteiger partial charge in [0.15, 0.2) is 0 Å². The average Bonchev–Trinajstić information content (AvgIpc) is 1.83. The minimum absolute atomic E-state index is 0.137. The molecule has 0 heterocycles. The van der Waals surface area contributed by atoms with Gasteiger partial charge in [-0.2, -0.15) is 0 Å². The molecule has 0 unspecified atom stereocenters. The molecule has 0 aliphatic heterocycles. The molecule has 2 heteroatoms. The van der Waals surface area contributed by atoms with E-state index in [4.69, 9.17) is 5.11 Å². The van der Waals surface area contributed by atoms with Gasteiger partial charge in [-0.1, -0.05) is 0 Å². The Labute approximate surface area is 51.1 Å². The third-order valence-electron chi connectivity index (χ3n) is 0.827. The van der Waals surface area contributed by atoms with Gasteiger partial charge in [-0.3, -0.25) is 4.90 Å². The molecule has 0 fully saturated rings. The first-order valence-electron chi connectivity index (χ1n) is 2.47. The van der Waals surface area contributed by atoms with Crippen LogP contribution in [0.25, 0.3) is 0 Å². The summed E-state index contributed by atoms with van der Waals surface area (Å²) in [4.78, 5) is 1.71. The molecule has 0 aliphatic rings. The molecule has 4 radical (unpaired) electrons. The maximum atomic E-state index is 8.36. The molecule has 0 aromatic rings. The van der Waals surface area contributed by atoms with E-state index in [1.54, 1.807) is 18.0 Å². The quantitative estimate of drug-likeness (QED) is 0.565. The van der Waals surface area contributed by atoms with Crippen molar-refractivity contribution in [1.29, 1.82) is 0 Å². The molecule has 0 rings (SSSR count). The summed E-state index contributed by atoms with van der Waals surface area (Å²) >= 11 is 0. The van der Waals surface area contributed by atoms with E-state index in [-0.39, 0.29) is 6.61 Å². The fraction of sp³-hybridized carbons (Fsp3) is 0.333. The molecule has 0 atom stereocenters. The molecule has 2 nitrogen and oxygen atoms in total. The van der Waals surface area contributed by atoms with Crippen LogP contribution in [0.2, 0.25) is 0 Å². The van der Waals surface area contributed by atoms with Gasteiger partial charge in [0, 0.05) is 19.6 Å². The second kappa shape index (κ2) is 5.06. The van der Waals surface area contributed by atoms with Gasteiger partial charge < -0.3 is 5.11 Å². The van der Waals surface area contributed by atoms with E-state index in [1.165, 1.54) is 0 Å². The van der Waals surface area contributed by atoms with Gasteiger partial charge in [0.2, 0.25) is 0 Å². The fourth-order valence-corrected chi connectivity index (χ4v) is 0.373. The van der Waals surface area contributed by atoms with E-state index in [1.807, 2.05) is 0 Å². The van der Waals surface area contributed by atoms with Crippen molar-refractivity contribution in [2.45, 2.75) is 0 Å². The zero-order valence-corrected chi connectivity index (χ0v) is 4.88. The number of nitrogens with zero attached hydrogens (tertiary/aromatic N) is 1. The zero-order chi connectivity index (χ0) is 6.41. The minimum atomic E-state index is 0.137. The Kier molecular flexibility index (Phi) is 5.01. The first-order chi connectivity index (χ1) is 3.85. The van der Waals surface area contributed by atoms with Crippen molar-refractivity contribution in [2.75, 3.05) is 13.2 Å². The third kappa shape index (κ3) is 2.99. The molecule has 0 aliphatic carbocycles. The van der Waals surface area contributed by atoms with Crippen LogP contribution in [-0.2, 0) is 0 Å². The van der Waals surface area contributed by atoms with E-state index in [2.05, 4.69) is 13.8 Å². The Balaban J connectivity index is 3.07. The topological polar surface area (TPSA) is 23.5 Å². The van der Waals surface area contributed by atoms with Crippen LogP contribution >= 0.6 is 0 Å². The monoisotopic (exact) mass is 113 g/mol. The van der Waals surface area contributed by atoms with E-state index in [9.17, 15) is 0 Å². The maximum absolute atomic E-state index is 8.36. The smallest absolute Gasteiger partial charge is 0.0558 e. The first kappa shape index (κ1) is 7.92. The Bertz CT molecular complexity index is 43.8. The van der Waals surface area contributed by atoms with Gasteiger partial charge in [0.1, 0.15) is 0 Å². The summed E-state index contributed by atoms with van der Waals surface area (Å²) in [5.74, 6) is 0. The van der Waals surface area contributed by atoms with Gasteiger partial charge in [-0.25, -0.2) is 0 Å². The molecule has 0 saturated heterocycles. The van der Waals surface area contributed by atoms with Crippen LogP contribution in [0.15, 0.2) is 0 Å². The lowest BCUT2D eigenvalue weighted by atomic mass is 10.5. The highest BCUT2D eigenvalue weighted by molar-refractivity contribution is 4.78. The predicted molar refractivity (Wildman–Crippen MR) is 33.1 cm³/mol.